The molecule has 0 unspecified atom stereocenters. The van der Waals surface area contributed by atoms with Gasteiger partial charge in [-0.15, -0.1) is 6.58 Å². The molecular formula is C3H6Mo. The van der Waals surface area contributed by atoms with E-state index in [0.29, 0.717) is 0 Å². The van der Waals surface area contributed by atoms with E-state index in [9.17, 15) is 0 Å². The fraction of sp³-hybridized carbons (Fsp3) is 0.333. The largest absolute Gasteiger partial charge is 0.103 e. The van der Waals surface area contributed by atoms with Crippen LogP contribution in [0.15, 0.2) is 12.7 Å². The third-order valence-electron chi connectivity index (χ3n) is 0. The Morgan fingerprint density at radius 1 is 1.75 bits per heavy atom. The third-order valence-corrected chi connectivity index (χ3v) is 0. The molecule has 0 heterocycles. The van der Waals surface area contributed by atoms with Crippen LogP contribution in [0.1, 0.15) is 6.92 Å². The number of allylic oxidation sites excluding steroid dienone is 1. The van der Waals surface area contributed by atoms with Crippen molar-refractivity contribution in [1.82, 2.24) is 0 Å². The minimum Gasteiger partial charge on any atom is -0.103 e. The van der Waals surface area contributed by atoms with E-state index in [0.717, 1.165) is 0 Å². The quantitative estimate of drug-likeness (QED) is 0.348. The molecule has 0 N–H and O–H groups in total. The van der Waals surface area contributed by atoms with Crippen LogP contribution < -0.4 is 0 Å². The Hall–Kier alpha value is 0.428. The number of hydrogen-bond acceptors (Lipinski definition) is 0. The van der Waals surface area contributed by atoms with E-state index >= 15 is 0 Å². The first-order chi connectivity index (χ1) is 1.41. The minimum atomic E-state index is 0. The van der Waals surface area contributed by atoms with Crippen LogP contribution in [0.2, 0.25) is 0 Å². The van der Waals surface area contributed by atoms with E-state index in [1.54, 1.807) is 6.08 Å². The molecule has 0 aliphatic carbocycles. The maximum atomic E-state index is 3.36. The molecule has 0 aromatic carbocycles. The molecule has 0 rings (SSSR count). The van der Waals surface area contributed by atoms with Gasteiger partial charge in [0.2, 0.25) is 0 Å². The van der Waals surface area contributed by atoms with Crippen molar-refractivity contribution in [3.63, 3.8) is 0 Å². The van der Waals surface area contributed by atoms with Gasteiger partial charge in [-0.05, 0) is 6.92 Å². The predicted octanol–water partition coefficient (Wildman–Crippen LogP) is 1.19. The predicted molar refractivity (Wildman–Crippen MR) is 15.9 cm³/mol. The van der Waals surface area contributed by atoms with E-state index in [-0.39, 0.29) is 21.1 Å². The maximum absolute atomic E-state index is 3.36. The summed E-state index contributed by atoms with van der Waals surface area (Å²) >= 11 is 0. The van der Waals surface area contributed by atoms with E-state index in [4.69, 9.17) is 0 Å². The van der Waals surface area contributed by atoms with Crippen molar-refractivity contribution >= 4 is 0 Å². The first-order valence-electron chi connectivity index (χ1n) is 0.986. The Morgan fingerprint density at radius 2 is 1.75 bits per heavy atom. The van der Waals surface area contributed by atoms with Gasteiger partial charge < -0.3 is 0 Å². The van der Waals surface area contributed by atoms with Crippen molar-refractivity contribution in [2.75, 3.05) is 0 Å². The number of rotatable bonds is 0. The zero-order chi connectivity index (χ0) is 2.71. The molecule has 0 spiro atoms. The van der Waals surface area contributed by atoms with E-state index < -0.39 is 0 Å². The smallest absolute Gasteiger partial charge is 0 e. The summed E-state index contributed by atoms with van der Waals surface area (Å²) in [6.07, 6.45) is 1.75. The van der Waals surface area contributed by atoms with Crippen LogP contribution in [-0.4, -0.2) is 0 Å². The summed E-state index contributed by atoms with van der Waals surface area (Å²) in [5, 5.41) is 0. The van der Waals surface area contributed by atoms with Gasteiger partial charge in [-0.2, -0.15) is 0 Å². The van der Waals surface area contributed by atoms with Crippen LogP contribution in [0.25, 0.3) is 0 Å². The van der Waals surface area contributed by atoms with E-state index in [2.05, 4.69) is 6.58 Å². The average molecular weight is 138 g/mol. The van der Waals surface area contributed by atoms with E-state index in [1.807, 2.05) is 6.92 Å². The molecule has 0 radical (unpaired) electrons. The van der Waals surface area contributed by atoms with Crippen molar-refractivity contribution in [3.8, 4) is 0 Å². The van der Waals surface area contributed by atoms with Crippen LogP contribution in [0.3, 0.4) is 0 Å². The summed E-state index contributed by atoms with van der Waals surface area (Å²) in [5.74, 6) is 0. The monoisotopic (exact) mass is 140 g/mol. The van der Waals surface area contributed by atoms with Gasteiger partial charge in [0.05, 0.1) is 0 Å². The van der Waals surface area contributed by atoms with Crippen molar-refractivity contribution in [3.05, 3.63) is 12.7 Å². The van der Waals surface area contributed by atoms with Gasteiger partial charge in [-0.25, -0.2) is 0 Å². The first kappa shape index (κ1) is 8.83. The Bertz CT molecular complexity index is 10.8. The standard InChI is InChI=1S/C3H6.Mo/c1-3-2;/h3H,1H2,2H3;. The van der Waals surface area contributed by atoms with Crippen LogP contribution in [-0.2, 0) is 21.1 Å². The molecule has 0 saturated carbocycles. The Morgan fingerprint density at radius 3 is 1.75 bits per heavy atom. The SMILES string of the molecule is C=CC.[Mo]. The summed E-state index contributed by atoms with van der Waals surface area (Å²) < 4.78 is 0. The summed E-state index contributed by atoms with van der Waals surface area (Å²) in [6.45, 7) is 5.25. The molecule has 0 amide bonds. The minimum absolute atomic E-state index is 0. The normalized spacial score (nSPS) is 3.25. The first-order valence-corrected chi connectivity index (χ1v) is 0.986. The fourth-order valence-corrected chi connectivity index (χ4v) is 0. The van der Waals surface area contributed by atoms with Crippen molar-refractivity contribution < 1.29 is 21.1 Å². The van der Waals surface area contributed by atoms with Gasteiger partial charge >= 0.3 is 0 Å². The van der Waals surface area contributed by atoms with Gasteiger partial charge in [0, 0.05) is 21.1 Å². The molecule has 0 aliphatic rings. The Balaban J connectivity index is 0. The third kappa shape index (κ3) is 27.0. The van der Waals surface area contributed by atoms with Crippen LogP contribution >= 0.6 is 0 Å². The van der Waals surface area contributed by atoms with Gasteiger partial charge in [0.15, 0.2) is 0 Å². The van der Waals surface area contributed by atoms with Gasteiger partial charge in [0.25, 0.3) is 0 Å². The summed E-state index contributed by atoms with van der Waals surface area (Å²) in [6, 6.07) is 0. The number of hydrogen-bond donors (Lipinski definition) is 0. The van der Waals surface area contributed by atoms with E-state index in [1.165, 1.54) is 0 Å². The second kappa shape index (κ2) is 9.91. The van der Waals surface area contributed by atoms with Gasteiger partial charge in [0.1, 0.15) is 0 Å². The summed E-state index contributed by atoms with van der Waals surface area (Å²) in [7, 11) is 0. The fourth-order valence-electron chi connectivity index (χ4n) is 0. The Kier molecular flexibility index (Phi) is 21.9. The van der Waals surface area contributed by atoms with Crippen molar-refractivity contribution in [2.45, 2.75) is 6.92 Å². The molecular weight excluding hydrogens is 132 g/mol. The second-order valence-electron chi connectivity index (χ2n) is 0.408. The van der Waals surface area contributed by atoms with Crippen molar-refractivity contribution in [2.24, 2.45) is 0 Å². The Labute approximate surface area is 41.2 Å². The summed E-state index contributed by atoms with van der Waals surface area (Å²) in [5.41, 5.74) is 0. The molecule has 0 atom stereocenters. The molecule has 0 aromatic heterocycles. The maximum Gasteiger partial charge on any atom is 0 e. The van der Waals surface area contributed by atoms with Crippen LogP contribution in [0.5, 0.6) is 0 Å². The molecule has 4 heavy (non-hydrogen) atoms. The molecule has 0 aromatic rings. The van der Waals surface area contributed by atoms with Gasteiger partial charge in [-0.3, -0.25) is 0 Å². The topological polar surface area (TPSA) is 0 Å². The summed E-state index contributed by atoms with van der Waals surface area (Å²) in [4.78, 5) is 0. The zero-order valence-corrected chi connectivity index (χ0v) is 4.70. The van der Waals surface area contributed by atoms with Crippen LogP contribution in [0.4, 0.5) is 0 Å². The molecule has 24 valence electrons. The van der Waals surface area contributed by atoms with Crippen LogP contribution in [0, 0.1) is 0 Å². The average Bonchev–Trinajstić information content (AvgIpc) is 0.918. The zero-order valence-electron chi connectivity index (χ0n) is 2.69. The van der Waals surface area contributed by atoms with Crippen molar-refractivity contribution in [1.29, 1.82) is 0 Å². The molecule has 0 fully saturated rings. The second-order valence-corrected chi connectivity index (χ2v) is 0.408. The molecule has 0 saturated heterocycles. The molecule has 0 nitrogen and oxygen atoms in total. The molecule has 1 heteroatoms. The molecule has 0 aliphatic heterocycles. The van der Waals surface area contributed by atoms with Gasteiger partial charge in [-0.1, -0.05) is 6.08 Å². The molecule has 0 bridgehead atoms.